The molecule has 4 rings (SSSR count). The third-order valence-electron chi connectivity index (χ3n) is 8.18. The maximum Gasteiger partial charge on any atom is 0.330 e. The highest BCUT2D eigenvalue weighted by Crippen LogP contribution is 2.38. The first-order chi connectivity index (χ1) is 23.1. The van der Waals surface area contributed by atoms with Gasteiger partial charge in [0.05, 0.1) is 22.9 Å². The van der Waals surface area contributed by atoms with Gasteiger partial charge in [0.2, 0.25) is 6.23 Å². The first-order valence-electron chi connectivity index (χ1n) is 16.1. The molecule has 11 nitrogen and oxygen atoms in total. The topological polar surface area (TPSA) is 145 Å². The lowest BCUT2D eigenvalue weighted by Crippen LogP contribution is -2.55. The van der Waals surface area contributed by atoms with E-state index < -0.39 is 53.3 Å². The quantitative estimate of drug-likeness (QED) is 0.154. The second kappa shape index (κ2) is 15.3. The van der Waals surface area contributed by atoms with Gasteiger partial charge in [0.25, 0.3) is 17.7 Å². The van der Waals surface area contributed by atoms with Crippen LogP contribution in [0.25, 0.3) is 11.1 Å². The number of aryl methyl sites for hydroxylation is 2. The highest BCUT2D eigenvalue weighted by Gasteiger charge is 2.54. The zero-order valence-electron chi connectivity index (χ0n) is 28.8. The van der Waals surface area contributed by atoms with Crippen molar-refractivity contribution in [3.05, 3.63) is 82.4 Å². The first kappa shape index (κ1) is 37.2. The van der Waals surface area contributed by atoms with Gasteiger partial charge in [-0.25, -0.2) is 9.69 Å². The maximum atomic E-state index is 14.2. The zero-order chi connectivity index (χ0) is 36.2. The second-order valence-electron chi connectivity index (χ2n) is 13.0. The van der Waals surface area contributed by atoms with E-state index in [-0.39, 0.29) is 36.0 Å². The fourth-order valence-electron chi connectivity index (χ4n) is 5.55. The van der Waals surface area contributed by atoms with Crippen molar-refractivity contribution >= 4 is 52.5 Å². The van der Waals surface area contributed by atoms with E-state index in [2.05, 4.69) is 10.6 Å². The largest absolute Gasteiger partial charge is 0.383 e. The van der Waals surface area contributed by atoms with Gasteiger partial charge in [-0.2, -0.15) is 0 Å². The number of ketones is 1. The number of amides is 5. The average molecular weight is 691 g/mol. The highest BCUT2D eigenvalue weighted by atomic mass is 35.5. The molecule has 1 heterocycles. The van der Waals surface area contributed by atoms with Gasteiger partial charge in [0.1, 0.15) is 6.10 Å². The lowest BCUT2D eigenvalue weighted by atomic mass is 9.85. The molecule has 1 saturated heterocycles. The summed E-state index contributed by atoms with van der Waals surface area (Å²) in [6.07, 6.45) is -2.48. The van der Waals surface area contributed by atoms with Crippen LogP contribution in [-0.2, 0) is 30.5 Å². The van der Waals surface area contributed by atoms with Crippen molar-refractivity contribution in [1.82, 2.24) is 9.80 Å². The van der Waals surface area contributed by atoms with Gasteiger partial charge in [-0.05, 0) is 56.0 Å². The molecule has 3 aromatic rings. The van der Waals surface area contributed by atoms with Crippen molar-refractivity contribution in [2.45, 2.75) is 79.8 Å². The molecule has 0 spiro atoms. The van der Waals surface area contributed by atoms with Crippen molar-refractivity contribution in [2.24, 2.45) is 5.41 Å². The molecular formula is C37H43ClN4O7. The van der Waals surface area contributed by atoms with E-state index in [1.165, 1.54) is 11.0 Å². The van der Waals surface area contributed by atoms with Gasteiger partial charge in [0.15, 0.2) is 11.8 Å². The summed E-state index contributed by atoms with van der Waals surface area (Å²) in [6, 6.07) is 15.0. The number of carbonyl (C=O) groups excluding carboxylic acids is 5. The number of halogens is 1. The van der Waals surface area contributed by atoms with Crippen LogP contribution < -0.4 is 10.6 Å². The Morgan fingerprint density at radius 2 is 1.57 bits per heavy atom. The number of benzene rings is 3. The molecule has 12 heteroatoms. The summed E-state index contributed by atoms with van der Waals surface area (Å²) in [5, 5.41) is 15.7. The summed E-state index contributed by atoms with van der Waals surface area (Å²) < 4.78 is 5.68. The van der Waals surface area contributed by atoms with Crippen LogP contribution in [0.3, 0.4) is 0 Å². The van der Waals surface area contributed by atoms with E-state index in [1.54, 1.807) is 65.0 Å². The SMILES string of the molecule is CCOC1C(=O)N(C(C(=O)Nc2cc(NC(=O)C(O)CC)c(-c3ccc(C)cc3C)cc2Cl)C(=O)C(C)(C)C)C(=O)N1Cc1ccccc1. The zero-order valence-corrected chi connectivity index (χ0v) is 29.6. The van der Waals surface area contributed by atoms with Gasteiger partial charge in [0, 0.05) is 17.6 Å². The van der Waals surface area contributed by atoms with Crippen molar-refractivity contribution in [3.63, 3.8) is 0 Å². The molecule has 3 N–H and O–H groups in total. The van der Waals surface area contributed by atoms with E-state index in [4.69, 9.17) is 16.3 Å². The Hall–Kier alpha value is -4.58. The van der Waals surface area contributed by atoms with Gasteiger partial charge in [-0.1, -0.05) is 93.4 Å². The smallest absolute Gasteiger partial charge is 0.330 e. The van der Waals surface area contributed by atoms with E-state index in [0.29, 0.717) is 10.5 Å². The van der Waals surface area contributed by atoms with Crippen LogP contribution in [0.5, 0.6) is 0 Å². The first-order valence-corrected chi connectivity index (χ1v) is 16.5. The molecule has 0 saturated carbocycles. The number of aliphatic hydroxyl groups excluding tert-OH is 1. The number of aliphatic hydroxyl groups is 1. The van der Waals surface area contributed by atoms with Crippen LogP contribution >= 0.6 is 11.6 Å². The molecule has 1 fully saturated rings. The lowest BCUT2D eigenvalue weighted by Gasteiger charge is -2.29. The number of hydrogen-bond donors (Lipinski definition) is 3. The fraction of sp³-hybridized carbons (Fsp3) is 0.378. The molecule has 3 atom stereocenters. The number of Topliss-reactive ketones (excluding diaryl/α,β-unsaturated/α-hetero) is 1. The number of nitrogens with one attached hydrogen (secondary N) is 2. The molecule has 3 unspecified atom stereocenters. The number of imide groups is 1. The Kier molecular flexibility index (Phi) is 11.6. The molecule has 0 aromatic heterocycles. The molecule has 49 heavy (non-hydrogen) atoms. The Balaban J connectivity index is 1.78. The number of carbonyl (C=O) groups is 5. The Labute approximate surface area is 291 Å². The van der Waals surface area contributed by atoms with Crippen molar-refractivity contribution < 1.29 is 33.8 Å². The fourth-order valence-corrected chi connectivity index (χ4v) is 5.76. The van der Waals surface area contributed by atoms with E-state index >= 15 is 0 Å². The van der Waals surface area contributed by atoms with Crippen LogP contribution in [-0.4, -0.2) is 69.4 Å². The van der Waals surface area contributed by atoms with Crippen molar-refractivity contribution in [1.29, 1.82) is 0 Å². The van der Waals surface area contributed by atoms with E-state index in [1.807, 2.05) is 38.1 Å². The summed E-state index contributed by atoms with van der Waals surface area (Å²) in [4.78, 5) is 70.6. The van der Waals surface area contributed by atoms with Crippen molar-refractivity contribution in [3.8, 4) is 11.1 Å². The molecule has 260 valence electrons. The summed E-state index contributed by atoms with van der Waals surface area (Å²) in [5.41, 5.74) is 3.01. The van der Waals surface area contributed by atoms with Gasteiger partial charge in [-0.3, -0.25) is 24.1 Å². The summed E-state index contributed by atoms with van der Waals surface area (Å²) >= 11 is 6.74. The minimum absolute atomic E-state index is 0.00299. The molecular weight excluding hydrogens is 648 g/mol. The minimum Gasteiger partial charge on any atom is -0.383 e. The van der Waals surface area contributed by atoms with E-state index in [0.717, 1.165) is 22.3 Å². The normalized spacial score (nSPS) is 16.1. The second-order valence-corrected chi connectivity index (χ2v) is 13.4. The Morgan fingerprint density at radius 3 is 2.16 bits per heavy atom. The predicted molar refractivity (Wildman–Crippen MR) is 188 cm³/mol. The van der Waals surface area contributed by atoms with Crippen LogP contribution in [0.4, 0.5) is 16.2 Å². The maximum absolute atomic E-state index is 14.2. The molecule has 1 aliphatic rings. The van der Waals surface area contributed by atoms with Crippen LogP contribution in [0, 0.1) is 19.3 Å². The molecule has 1 aliphatic heterocycles. The summed E-state index contributed by atoms with van der Waals surface area (Å²) in [6.45, 7) is 12.0. The highest BCUT2D eigenvalue weighted by molar-refractivity contribution is 6.35. The van der Waals surface area contributed by atoms with Crippen molar-refractivity contribution in [2.75, 3.05) is 17.2 Å². The number of ether oxygens (including phenoxy) is 1. The Bertz CT molecular complexity index is 1760. The number of urea groups is 1. The minimum atomic E-state index is -1.88. The van der Waals surface area contributed by atoms with Gasteiger partial charge >= 0.3 is 6.03 Å². The molecule has 0 bridgehead atoms. The third-order valence-corrected chi connectivity index (χ3v) is 8.50. The van der Waals surface area contributed by atoms with Crippen LogP contribution in [0.2, 0.25) is 5.02 Å². The monoisotopic (exact) mass is 690 g/mol. The lowest BCUT2D eigenvalue weighted by molar-refractivity contribution is -0.149. The number of hydrogen-bond acceptors (Lipinski definition) is 7. The molecule has 0 aliphatic carbocycles. The third kappa shape index (κ3) is 8.18. The summed E-state index contributed by atoms with van der Waals surface area (Å²) in [5.74, 6) is -3.18. The number of nitrogens with zero attached hydrogens (tertiary/aromatic N) is 2. The average Bonchev–Trinajstić information content (AvgIpc) is 3.26. The molecule has 3 aromatic carbocycles. The van der Waals surface area contributed by atoms with Crippen LogP contribution in [0.15, 0.2) is 60.7 Å². The Morgan fingerprint density at radius 1 is 0.918 bits per heavy atom. The number of rotatable bonds is 12. The van der Waals surface area contributed by atoms with E-state index in [9.17, 15) is 29.1 Å². The van der Waals surface area contributed by atoms with Crippen LogP contribution in [0.1, 0.15) is 57.7 Å². The van der Waals surface area contributed by atoms with Gasteiger partial charge in [-0.15, -0.1) is 0 Å². The number of anilines is 2. The molecule has 0 radical (unpaired) electrons. The predicted octanol–water partition coefficient (Wildman–Crippen LogP) is 6.08. The standard InChI is InChI=1S/C37H43ClN4O7/c1-8-29(43)32(45)39-27-19-28(26(38)18-25(27)24-16-15-21(3)17-22(24)4)40-33(46)30(31(44)37(5,6)7)42-34(47)35(49-9-2)41(36(42)48)20-23-13-11-10-12-14-23/h10-19,29-30,35,43H,8-9,20H2,1-7H3,(H,39,45)(H,40,46). The molecule has 5 amide bonds. The van der Waals surface area contributed by atoms with Gasteiger partial charge < -0.3 is 20.5 Å². The summed E-state index contributed by atoms with van der Waals surface area (Å²) in [7, 11) is 0.